The minimum Gasteiger partial charge on any atom is -0.396 e. The molecule has 1 saturated heterocycles. The van der Waals surface area contributed by atoms with Crippen LogP contribution in [0.5, 0.6) is 0 Å². The molecule has 22 heavy (non-hydrogen) atoms. The number of anilines is 1. The Bertz CT molecular complexity index is 563. The number of hydrogen-bond donors (Lipinski definition) is 2. The lowest BCUT2D eigenvalue weighted by Gasteiger charge is -2.35. The van der Waals surface area contributed by atoms with E-state index in [0.29, 0.717) is 18.7 Å². The number of urea groups is 1. The van der Waals surface area contributed by atoms with Crippen LogP contribution in [-0.2, 0) is 0 Å². The molecule has 1 atom stereocenters. The third kappa shape index (κ3) is 3.54. The van der Waals surface area contributed by atoms with Gasteiger partial charge in [0.05, 0.1) is 4.92 Å². The van der Waals surface area contributed by atoms with Gasteiger partial charge in [-0.2, -0.15) is 0 Å². The van der Waals surface area contributed by atoms with Crippen LogP contribution in [0.15, 0.2) is 24.3 Å². The Labute approximate surface area is 129 Å². The third-order valence-corrected chi connectivity index (χ3v) is 4.18. The van der Waals surface area contributed by atoms with E-state index in [-0.39, 0.29) is 23.9 Å². The molecule has 0 unspecified atom stereocenters. The normalized spacial score (nSPS) is 20.9. The van der Waals surface area contributed by atoms with Gasteiger partial charge in [-0.1, -0.05) is 6.07 Å². The minimum atomic E-state index is -0.489. The number of carbonyl (C=O) groups is 1. The second-order valence-corrected chi connectivity index (χ2v) is 5.82. The number of hydrogen-bond acceptors (Lipinski definition) is 4. The molecular weight excluding hydrogens is 286 g/mol. The van der Waals surface area contributed by atoms with Gasteiger partial charge in [0.1, 0.15) is 0 Å². The van der Waals surface area contributed by atoms with Crippen molar-refractivity contribution in [3.63, 3.8) is 0 Å². The number of benzene rings is 1. The number of amides is 2. The molecule has 1 aliphatic heterocycles. The highest BCUT2D eigenvalue weighted by Crippen LogP contribution is 2.33. The van der Waals surface area contributed by atoms with Gasteiger partial charge in [-0.05, 0) is 38.7 Å². The van der Waals surface area contributed by atoms with Gasteiger partial charge < -0.3 is 15.3 Å². The predicted molar refractivity (Wildman–Crippen MR) is 82.8 cm³/mol. The van der Waals surface area contributed by atoms with Crippen molar-refractivity contribution in [3.05, 3.63) is 34.4 Å². The van der Waals surface area contributed by atoms with Crippen LogP contribution < -0.4 is 5.32 Å². The van der Waals surface area contributed by atoms with Gasteiger partial charge in [-0.3, -0.25) is 10.1 Å². The molecule has 0 radical (unpaired) electrons. The second-order valence-electron chi connectivity index (χ2n) is 5.82. The van der Waals surface area contributed by atoms with E-state index in [1.807, 2.05) is 6.92 Å². The first-order chi connectivity index (χ1) is 10.5. The monoisotopic (exact) mass is 307 g/mol. The first-order valence-corrected chi connectivity index (χ1v) is 7.40. The summed E-state index contributed by atoms with van der Waals surface area (Å²) in [6.45, 7) is 2.78. The summed E-state index contributed by atoms with van der Waals surface area (Å²) in [5, 5.41) is 22.5. The summed E-state index contributed by atoms with van der Waals surface area (Å²) in [5.41, 5.74) is 0.0888. The van der Waals surface area contributed by atoms with Gasteiger partial charge in [0.15, 0.2) is 0 Å². The average molecular weight is 307 g/mol. The Morgan fingerprint density at radius 2 is 2.32 bits per heavy atom. The summed E-state index contributed by atoms with van der Waals surface area (Å²) in [7, 11) is 0. The fourth-order valence-electron chi connectivity index (χ4n) is 2.98. The number of carbonyl (C=O) groups excluding carboxylic acids is 1. The zero-order valence-electron chi connectivity index (χ0n) is 12.6. The smallest absolute Gasteiger partial charge is 0.322 e. The molecule has 1 aliphatic rings. The number of rotatable bonds is 5. The first-order valence-electron chi connectivity index (χ1n) is 7.40. The van der Waals surface area contributed by atoms with Crippen LogP contribution in [0.1, 0.15) is 32.6 Å². The van der Waals surface area contributed by atoms with Crippen molar-refractivity contribution in [3.8, 4) is 0 Å². The molecule has 0 saturated carbocycles. The number of aliphatic hydroxyl groups is 1. The SMILES string of the molecule is C[C@]1(CCCO)CCCN1C(=O)Nc1cccc([N+](=O)[O-])c1. The Hall–Kier alpha value is -2.15. The largest absolute Gasteiger partial charge is 0.396 e. The van der Waals surface area contributed by atoms with Gasteiger partial charge in [-0.25, -0.2) is 4.79 Å². The van der Waals surface area contributed by atoms with Crippen molar-refractivity contribution in [1.82, 2.24) is 4.90 Å². The number of non-ortho nitro benzene ring substituents is 1. The predicted octanol–water partition coefficient (Wildman–Crippen LogP) is 2.75. The molecule has 1 heterocycles. The van der Waals surface area contributed by atoms with Crippen LogP contribution >= 0.6 is 0 Å². The van der Waals surface area contributed by atoms with E-state index in [0.717, 1.165) is 19.3 Å². The molecule has 0 aliphatic carbocycles. The lowest BCUT2D eigenvalue weighted by Crippen LogP contribution is -2.47. The van der Waals surface area contributed by atoms with E-state index in [2.05, 4.69) is 5.32 Å². The van der Waals surface area contributed by atoms with Gasteiger partial charge >= 0.3 is 6.03 Å². The lowest BCUT2D eigenvalue weighted by atomic mass is 9.93. The minimum absolute atomic E-state index is 0.0535. The molecule has 1 aromatic carbocycles. The van der Waals surface area contributed by atoms with E-state index in [1.165, 1.54) is 12.1 Å². The molecule has 0 aromatic heterocycles. The fraction of sp³-hybridized carbons (Fsp3) is 0.533. The summed E-state index contributed by atoms with van der Waals surface area (Å²) in [6, 6.07) is 5.66. The van der Waals surface area contributed by atoms with E-state index in [1.54, 1.807) is 17.0 Å². The number of nitrogens with zero attached hydrogens (tertiary/aromatic N) is 2. The van der Waals surface area contributed by atoms with Crippen LogP contribution in [-0.4, -0.2) is 39.7 Å². The van der Waals surface area contributed by atoms with Gasteiger partial charge in [-0.15, -0.1) is 0 Å². The molecule has 2 N–H and O–H groups in total. The number of nitro groups is 1. The Morgan fingerprint density at radius 3 is 3.00 bits per heavy atom. The zero-order chi connectivity index (χ0) is 16.2. The van der Waals surface area contributed by atoms with Gasteiger partial charge in [0, 0.05) is 36.5 Å². The Morgan fingerprint density at radius 1 is 1.55 bits per heavy atom. The maximum atomic E-state index is 12.5. The maximum absolute atomic E-state index is 12.5. The van der Waals surface area contributed by atoms with Crippen molar-refractivity contribution >= 4 is 17.4 Å². The summed E-state index contributed by atoms with van der Waals surface area (Å²) >= 11 is 0. The van der Waals surface area contributed by atoms with Crippen molar-refractivity contribution in [2.45, 2.75) is 38.1 Å². The van der Waals surface area contributed by atoms with Crippen molar-refractivity contribution in [2.24, 2.45) is 0 Å². The highest BCUT2D eigenvalue weighted by Gasteiger charge is 2.39. The standard InChI is InChI=1S/C15H21N3O4/c1-15(8-4-10-19)7-3-9-17(15)14(20)16-12-5-2-6-13(11-12)18(21)22/h2,5-6,11,19H,3-4,7-10H2,1H3,(H,16,20)/t15-/m1/s1. The summed E-state index contributed by atoms with van der Waals surface area (Å²) < 4.78 is 0. The molecule has 0 spiro atoms. The fourth-order valence-corrected chi connectivity index (χ4v) is 2.98. The van der Waals surface area contributed by atoms with E-state index < -0.39 is 4.92 Å². The summed E-state index contributed by atoms with van der Waals surface area (Å²) in [4.78, 5) is 24.5. The Kier molecular flexibility index (Phi) is 4.97. The molecule has 1 aromatic rings. The summed E-state index contributed by atoms with van der Waals surface area (Å²) in [6.07, 6.45) is 3.21. The van der Waals surface area contributed by atoms with Crippen LogP contribution in [0.2, 0.25) is 0 Å². The summed E-state index contributed by atoms with van der Waals surface area (Å²) in [5.74, 6) is 0. The second kappa shape index (κ2) is 6.74. The molecule has 0 bridgehead atoms. The quantitative estimate of drug-likeness (QED) is 0.646. The number of likely N-dealkylation sites (tertiary alicyclic amines) is 1. The highest BCUT2D eigenvalue weighted by molar-refractivity contribution is 5.90. The average Bonchev–Trinajstić information content (AvgIpc) is 2.87. The molecular formula is C15H21N3O4. The van der Waals surface area contributed by atoms with Gasteiger partial charge in [0.2, 0.25) is 0 Å². The van der Waals surface area contributed by atoms with Crippen molar-refractivity contribution in [1.29, 1.82) is 0 Å². The van der Waals surface area contributed by atoms with E-state index >= 15 is 0 Å². The molecule has 7 heteroatoms. The van der Waals surface area contributed by atoms with Crippen LogP contribution in [0.4, 0.5) is 16.2 Å². The highest BCUT2D eigenvalue weighted by atomic mass is 16.6. The van der Waals surface area contributed by atoms with Gasteiger partial charge in [0.25, 0.3) is 5.69 Å². The molecule has 120 valence electrons. The van der Waals surface area contributed by atoms with Crippen molar-refractivity contribution < 1.29 is 14.8 Å². The zero-order valence-corrected chi connectivity index (χ0v) is 12.6. The first kappa shape index (κ1) is 16.2. The van der Waals surface area contributed by atoms with Crippen LogP contribution in [0.3, 0.4) is 0 Å². The molecule has 2 rings (SSSR count). The number of nitrogens with one attached hydrogen (secondary N) is 1. The third-order valence-electron chi connectivity index (χ3n) is 4.18. The molecule has 7 nitrogen and oxygen atoms in total. The Balaban J connectivity index is 2.08. The van der Waals surface area contributed by atoms with E-state index in [9.17, 15) is 14.9 Å². The lowest BCUT2D eigenvalue weighted by molar-refractivity contribution is -0.384. The molecule has 1 fully saturated rings. The van der Waals surface area contributed by atoms with Crippen molar-refractivity contribution in [2.75, 3.05) is 18.5 Å². The number of aliphatic hydroxyl groups excluding tert-OH is 1. The van der Waals surface area contributed by atoms with E-state index in [4.69, 9.17) is 5.11 Å². The van der Waals surface area contributed by atoms with Crippen LogP contribution in [0.25, 0.3) is 0 Å². The van der Waals surface area contributed by atoms with Crippen LogP contribution in [0, 0.1) is 10.1 Å². The maximum Gasteiger partial charge on any atom is 0.322 e. The molecule has 2 amide bonds. The number of nitro benzene ring substituents is 1. The topological polar surface area (TPSA) is 95.7 Å².